The first-order valence-corrected chi connectivity index (χ1v) is 4.89. The van der Waals surface area contributed by atoms with Crippen molar-refractivity contribution in [2.45, 2.75) is 0 Å². The lowest BCUT2D eigenvalue weighted by Gasteiger charge is -2.13. The van der Waals surface area contributed by atoms with Crippen LogP contribution in [0.15, 0.2) is 28.7 Å². The van der Waals surface area contributed by atoms with Gasteiger partial charge < -0.3 is 4.90 Å². The summed E-state index contributed by atoms with van der Waals surface area (Å²) in [4.78, 5) is 13.2. The van der Waals surface area contributed by atoms with E-state index in [4.69, 9.17) is 6.42 Å². The molecule has 1 rings (SSSR count). The smallest absolute Gasteiger partial charge is 0.254 e. The third kappa shape index (κ3) is 2.61. The monoisotopic (exact) mass is 251 g/mol. The first-order valence-electron chi connectivity index (χ1n) is 4.09. The van der Waals surface area contributed by atoms with Crippen LogP contribution in [0.3, 0.4) is 0 Å². The van der Waals surface area contributed by atoms with Crippen LogP contribution in [-0.4, -0.2) is 24.4 Å². The van der Waals surface area contributed by atoms with Crippen LogP contribution in [0, 0.1) is 12.3 Å². The van der Waals surface area contributed by atoms with Crippen molar-refractivity contribution in [2.75, 3.05) is 13.6 Å². The minimum atomic E-state index is -0.0655. The molecule has 72 valence electrons. The summed E-state index contributed by atoms with van der Waals surface area (Å²) in [5.41, 5.74) is 0.636. The van der Waals surface area contributed by atoms with Gasteiger partial charge in [-0.3, -0.25) is 4.79 Å². The topological polar surface area (TPSA) is 20.3 Å². The molecule has 0 radical (unpaired) electrons. The zero-order valence-corrected chi connectivity index (χ0v) is 9.41. The Bertz CT molecular complexity index is 381. The highest BCUT2D eigenvalue weighted by atomic mass is 79.9. The zero-order valence-electron chi connectivity index (χ0n) is 7.83. The largest absolute Gasteiger partial charge is 0.331 e. The minimum absolute atomic E-state index is 0.0655. The number of halogens is 1. The van der Waals surface area contributed by atoms with Gasteiger partial charge in [-0.05, 0) is 18.2 Å². The molecule has 1 amide bonds. The fraction of sp³-hybridized carbons (Fsp3) is 0.182. The first-order chi connectivity index (χ1) is 6.65. The van der Waals surface area contributed by atoms with Gasteiger partial charge in [0.1, 0.15) is 0 Å². The molecular weight excluding hydrogens is 242 g/mol. The van der Waals surface area contributed by atoms with Gasteiger partial charge in [0.2, 0.25) is 0 Å². The molecule has 14 heavy (non-hydrogen) atoms. The summed E-state index contributed by atoms with van der Waals surface area (Å²) in [5, 5.41) is 0. The molecule has 0 unspecified atom stereocenters. The maximum atomic E-state index is 11.7. The van der Waals surface area contributed by atoms with Crippen LogP contribution in [0.2, 0.25) is 0 Å². The van der Waals surface area contributed by atoms with E-state index < -0.39 is 0 Å². The summed E-state index contributed by atoms with van der Waals surface area (Å²) in [7, 11) is 1.68. The number of benzene rings is 1. The first kappa shape index (κ1) is 10.8. The van der Waals surface area contributed by atoms with Crippen molar-refractivity contribution >= 4 is 21.8 Å². The van der Waals surface area contributed by atoms with Gasteiger partial charge >= 0.3 is 0 Å². The second-order valence-corrected chi connectivity index (χ2v) is 3.79. The molecule has 1 aromatic rings. The van der Waals surface area contributed by atoms with Crippen molar-refractivity contribution in [3.63, 3.8) is 0 Å². The van der Waals surface area contributed by atoms with E-state index in [0.29, 0.717) is 12.1 Å². The van der Waals surface area contributed by atoms with Crippen molar-refractivity contribution in [3.8, 4) is 12.3 Å². The highest BCUT2D eigenvalue weighted by molar-refractivity contribution is 9.10. The van der Waals surface area contributed by atoms with Crippen molar-refractivity contribution in [2.24, 2.45) is 0 Å². The SMILES string of the molecule is C#CCN(C)C(=O)c1cccc(Br)c1. The lowest BCUT2D eigenvalue weighted by Crippen LogP contribution is -2.26. The molecule has 0 aliphatic carbocycles. The molecule has 0 aliphatic heterocycles. The van der Waals surface area contributed by atoms with E-state index in [9.17, 15) is 4.79 Å². The third-order valence-corrected chi connectivity index (χ3v) is 2.24. The summed E-state index contributed by atoms with van der Waals surface area (Å²) in [6, 6.07) is 7.23. The van der Waals surface area contributed by atoms with Gasteiger partial charge in [-0.15, -0.1) is 6.42 Å². The maximum Gasteiger partial charge on any atom is 0.254 e. The number of rotatable bonds is 2. The Kier molecular flexibility index (Phi) is 3.73. The van der Waals surface area contributed by atoms with Gasteiger partial charge in [-0.1, -0.05) is 27.9 Å². The Balaban J connectivity index is 2.85. The summed E-state index contributed by atoms with van der Waals surface area (Å²) in [6.45, 7) is 0.325. The van der Waals surface area contributed by atoms with Gasteiger partial charge in [0.15, 0.2) is 0 Å². The minimum Gasteiger partial charge on any atom is -0.331 e. The summed E-state index contributed by atoms with van der Waals surface area (Å²) >= 11 is 3.31. The lowest BCUT2D eigenvalue weighted by atomic mass is 10.2. The molecule has 0 fully saturated rings. The van der Waals surface area contributed by atoms with E-state index in [2.05, 4.69) is 21.9 Å². The Morgan fingerprint density at radius 1 is 1.64 bits per heavy atom. The van der Waals surface area contributed by atoms with Crippen LogP contribution in [0.25, 0.3) is 0 Å². The predicted octanol–water partition coefficient (Wildman–Crippen LogP) is 2.15. The quantitative estimate of drug-likeness (QED) is 0.738. The molecule has 0 aliphatic rings. The van der Waals surface area contributed by atoms with Crippen LogP contribution in [0.1, 0.15) is 10.4 Å². The van der Waals surface area contributed by atoms with E-state index in [1.165, 1.54) is 4.90 Å². The van der Waals surface area contributed by atoms with Crippen LogP contribution in [0.4, 0.5) is 0 Å². The molecular formula is C11H10BrNO. The van der Waals surface area contributed by atoms with E-state index in [-0.39, 0.29) is 5.91 Å². The second-order valence-electron chi connectivity index (χ2n) is 2.88. The van der Waals surface area contributed by atoms with E-state index in [1.807, 2.05) is 12.1 Å². The van der Waals surface area contributed by atoms with Crippen molar-refractivity contribution in [1.82, 2.24) is 4.90 Å². The molecule has 0 heterocycles. The van der Waals surface area contributed by atoms with Crippen LogP contribution in [0.5, 0.6) is 0 Å². The fourth-order valence-corrected chi connectivity index (χ4v) is 1.45. The maximum absolute atomic E-state index is 11.7. The summed E-state index contributed by atoms with van der Waals surface area (Å²) in [5.74, 6) is 2.36. The molecule has 1 aromatic carbocycles. The number of carbonyl (C=O) groups excluding carboxylic acids is 1. The van der Waals surface area contributed by atoms with Gasteiger partial charge in [0, 0.05) is 17.1 Å². The normalized spacial score (nSPS) is 9.21. The molecule has 0 N–H and O–H groups in total. The van der Waals surface area contributed by atoms with Gasteiger partial charge in [0.25, 0.3) is 5.91 Å². The van der Waals surface area contributed by atoms with Crippen LogP contribution < -0.4 is 0 Å². The highest BCUT2D eigenvalue weighted by Gasteiger charge is 2.09. The molecule has 0 aromatic heterocycles. The summed E-state index contributed by atoms with van der Waals surface area (Å²) < 4.78 is 0.887. The van der Waals surface area contributed by atoms with Crippen LogP contribution >= 0.6 is 15.9 Å². The molecule has 0 saturated carbocycles. The van der Waals surface area contributed by atoms with Gasteiger partial charge in [-0.2, -0.15) is 0 Å². The van der Waals surface area contributed by atoms with Crippen molar-refractivity contribution in [1.29, 1.82) is 0 Å². The lowest BCUT2D eigenvalue weighted by molar-refractivity contribution is 0.0812. The zero-order chi connectivity index (χ0) is 10.6. The number of hydrogen-bond acceptors (Lipinski definition) is 1. The third-order valence-electron chi connectivity index (χ3n) is 1.75. The van der Waals surface area contributed by atoms with Crippen LogP contribution in [-0.2, 0) is 0 Å². The standard InChI is InChI=1S/C11H10BrNO/c1-3-7-13(2)11(14)9-5-4-6-10(12)8-9/h1,4-6,8H,7H2,2H3. The van der Waals surface area contributed by atoms with Crippen molar-refractivity contribution < 1.29 is 4.79 Å². The Labute approximate surface area is 92.0 Å². The second kappa shape index (κ2) is 4.83. The molecule has 3 heteroatoms. The van der Waals surface area contributed by atoms with E-state index in [0.717, 1.165) is 4.47 Å². The number of terminal acetylenes is 1. The molecule has 0 bridgehead atoms. The average Bonchev–Trinajstić information content (AvgIpc) is 2.17. The van der Waals surface area contributed by atoms with E-state index >= 15 is 0 Å². The number of carbonyl (C=O) groups is 1. The fourth-order valence-electron chi connectivity index (χ4n) is 1.05. The molecule has 0 spiro atoms. The Morgan fingerprint density at radius 3 is 2.93 bits per heavy atom. The number of nitrogens with zero attached hydrogens (tertiary/aromatic N) is 1. The van der Waals surface area contributed by atoms with E-state index in [1.54, 1.807) is 19.2 Å². The number of hydrogen-bond donors (Lipinski definition) is 0. The van der Waals surface area contributed by atoms with Gasteiger partial charge in [-0.25, -0.2) is 0 Å². The highest BCUT2D eigenvalue weighted by Crippen LogP contribution is 2.12. The number of amides is 1. The molecule has 2 nitrogen and oxygen atoms in total. The Hall–Kier alpha value is -1.27. The Morgan fingerprint density at radius 2 is 2.36 bits per heavy atom. The molecule has 0 atom stereocenters. The predicted molar refractivity (Wildman–Crippen MR) is 59.9 cm³/mol. The average molecular weight is 252 g/mol. The summed E-state index contributed by atoms with van der Waals surface area (Å²) in [6.07, 6.45) is 5.12. The van der Waals surface area contributed by atoms with Crippen molar-refractivity contribution in [3.05, 3.63) is 34.3 Å². The van der Waals surface area contributed by atoms with Gasteiger partial charge in [0.05, 0.1) is 6.54 Å². The molecule has 0 saturated heterocycles.